The summed E-state index contributed by atoms with van der Waals surface area (Å²) in [7, 11) is 0. The quantitative estimate of drug-likeness (QED) is 0.587. The molecule has 0 radical (unpaired) electrons. The summed E-state index contributed by atoms with van der Waals surface area (Å²) in [5.74, 6) is 1.59. The molecule has 6 nitrogen and oxygen atoms in total. The lowest BCUT2D eigenvalue weighted by Crippen LogP contribution is -2.18. The van der Waals surface area contributed by atoms with Crippen molar-refractivity contribution in [3.05, 3.63) is 48.8 Å². The minimum atomic E-state index is 0.615. The van der Waals surface area contributed by atoms with Crippen molar-refractivity contribution in [1.82, 2.24) is 15.0 Å². The highest BCUT2D eigenvalue weighted by Gasteiger charge is 2.17. The SMILES string of the molecule is CCOc1ccnc(-c2cc(N3CCCC3)cc(-c3cc(OCC)ccn3)n2)c1. The standard InChI is InChI=1S/C23H26N4O2/c1-3-28-18-7-9-24-20(15-18)22-13-17(27-11-5-6-12-27)14-23(26-22)21-16-19(29-4-2)8-10-25-21/h7-10,13-16H,3-6,11-12H2,1-2H3. The van der Waals surface area contributed by atoms with Crippen molar-refractivity contribution in [2.45, 2.75) is 26.7 Å². The molecule has 0 spiro atoms. The van der Waals surface area contributed by atoms with Crippen LogP contribution in [-0.2, 0) is 0 Å². The minimum absolute atomic E-state index is 0.615. The number of anilines is 1. The van der Waals surface area contributed by atoms with Gasteiger partial charge in [-0.15, -0.1) is 0 Å². The lowest BCUT2D eigenvalue weighted by atomic mass is 10.1. The first-order valence-electron chi connectivity index (χ1n) is 10.2. The largest absolute Gasteiger partial charge is 0.494 e. The summed E-state index contributed by atoms with van der Waals surface area (Å²) in [4.78, 5) is 16.4. The van der Waals surface area contributed by atoms with Crippen LogP contribution in [0.5, 0.6) is 11.5 Å². The van der Waals surface area contributed by atoms with Crippen LogP contribution < -0.4 is 14.4 Å². The van der Waals surface area contributed by atoms with Gasteiger partial charge in [-0.1, -0.05) is 0 Å². The van der Waals surface area contributed by atoms with Crippen LogP contribution in [0.25, 0.3) is 22.8 Å². The van der Waals surface area contributed by atoms with Crippen LogP contribution in [0, 0.1) is 0 Å². The number of hydrogen-bond acceptors (Lipinski definition) is 6. The van der Waals surface area contributed by atoms with Gasteiger partial charge >= 0.3 is 0 Å². The van der Waals surface area contributed by atoms with E-state index in [-0.39, 0.29) is 0 Å². The summed E-state index contributed by atoms with van der Waals surface area (Å²) in [6.07, 6.45) is 5.95. The molecule has 29 heavy (non-hydrogen) atoms. The second-order valence-electron chi connectivity index (χ2n) is 6.91. The fourth-order valence-corrected chi connectivity index (χ4v) is 3.55. The topological polar surface area (TPSA) is 60.4 Å². The van der Waals surface area contributed by atoms with Crippen molar-refractivity contribution < 1.29 is 9.47 Å². The van der Waals surface area contributed by atoms with Crippen LogP contribution in [0.3, 0.4) is 0 Å². The zero-order valence-electron chi connectivity index (χ0n) is 17.0. The first-order chi connectivity index (χ1) is 14.3. The fraction of sp³-hybridized carbons (Fsp3) is 0.348. The summed E-state index contributed by atoms with van der Waals surface area (Å²) in [6.45, 7) is 7.29. The molecule has 0 bridgehead atoms. The van der Waals surface area contributed by atoms with E-state index in [0.29, 0.717) is 13.2 Å². The fourth-order valence-electron chi connectivity index (χ4n) is 3.55. The molecule has 0 aliphatic carbocycles. The molecule has 3 aromatic heterocycles. The smallest absolute Gasteiger partial charge is 0.123 e. The number of nitrogens with zero attached hydrogens (tertiary/aromatic N) is 4. The van der Waals surface area contributed by atoms with Crippen LogP contribution >= 0.6 is 0 Å². The molecule has 0 saturated carbocycles. The molecule has 1 fully saturated rings. The summed E-state index contributed by atoms with van der Waals surface area (Å²) in [5, 5.41) is 0. The van der Waals surface area contributed by atoms with E-state index < -0.39 is 0 Å². The molecule has 1 aliphatic heterocycles. The molecule has 150 valence electrons. The van der Waals surface area contributed by atoms with Crippen molar-refractivity contribution in [3.63, 3.8) is 0 Å². The Morgan fingerprint density at radius 1 is 0.759 bits per heavy atom. The molecular weight excluding hydrogens is 364 g/mol. The van der Waals surface area contributed by atoms with Gasteiger partial charge in [0.2, 0.25) is 0 Å². The minimum Gasteiger partial charge on any atom is -0.494 e. The predicted molar refractivity (Wildman–Crippen MR) is 114 cm³/mol. The van der Waals surface area contributed by atoms with Gasteiger partial charge in [-0.25, -0.2) is 4.98 Å². The maximum absolute atomic E-state index is 5.65. The molecule has 4 heterocycles. The number of ether oxygens (including phenoxy) is 2. The van der Waals surface area contributed by atoms with E-state index in [9.17, 15) is 0 Å². The second kappa shape index (κ2) is 8.90. The molecule has 0 N–H and O–H groups in total. The molecule has 1 aliphatic rings. The van der Waals surface area contributed by atoms with Crippen molar-refractivity contribution in [3.8, 4) is 34.3 Å². The molecule has 0 unspecified atom stereocenters. The predicted octanol–water partition coefficient (Wildman–Crippen LogP) is 4.60. The first kappa shape index (κ1) is 19.2. The van der Waals surface area contributed by atoms with E-state index in [0.717, 1.165) is 53.1 Å². The van der Waals surface area contributed by atoms with Crippen molar-refractivity contribution >= 4 is 5.69 Å². The average molecular weight is 390 g/mol. The van der Waals surface area contributed by atoms with Gasteiger partial charge in [-0.2, -0.15) is 0 Å². The highest BCUT2D eigenvalue weighted by molar-refractivity contribution is 5.70. The van der Waals surface area contributed by atoms with E-state index in [4.69, 9.17) is 14.5 Å². The van der Waals surface area contributed by atoms with Crippen molar-refractivity contribution in [2.75, 3.05) is 31.2 Å². The maximum atomic E-state index is 5.65. The Balaban J connectivity index is 1.79. The Hall–Kier alpha value is -3.15. The van der Waals surface area contributed by atoms with Gasteiger partial charge in [0.25, 0.3) is 0 Å². The average Bonchev–Trinajstić information content (AvgIpc) is 3.29. The van der Waals surface area contributed by atoms with E-state index in [2.05, 4.69) is 27.0 Å². The monoisotopic (exact) mass is 390 g/mol. The lowest BCUT2D eigenvalue weighted by Gasteiger charge is -2.19. The zero-order chi connectivity index (χ0) is 20.1. The van der Waals surface area contributed by atoms with E-state index in [1.165, 1.54) is 12.8 Å². The Labute approximate surface area is 171 Å². The zero-order valence-corrected chi connectivity index (χ0v) is 17.0. The molecule has 1 saturated heterocycles. The van der Waals surface area contributed by atoms with Crippen LogP contribution in [0.1, 0.15) is 26.7 Å². The van der Waals surface area contributed by atoms with E-state index in [1.807, 2.05) is 38.1 Å². The third-order valence-corrected chi connectivity index (χ3v) is 4.89. The number of rotatable bonds is 7. The molecule has 0 aromatic carbocycles. The molecule has 4 rings (SSSR count). The summed E-state index contributed by atoms with van der Waals surface area (Å²) in [6, 6.07) is 11.8. The molecule has 3 aromatic rings. The van der Waals surface area contributed by atoms with Gasteiger partial charge in [-0.3, -0.25) is 9.97 Å². The number of hydrogen-bond donors (Lipinski definition) is 0. The third kappa shape index (κ3) is 4.47. The molecule has 0 amide bonds. The Morgan fingerprint density at radius 2 is 1.28 bits per heavy atom. The third-order valence-electron chi connectivity index (χ3n) is 4.89. The van der Waals surface area contributed by atoms with Gasteiger partial charge < -0.3 is 14.4 Å². The van der Waals surface area contributed by atoms with Gasteiger partial charge in [0, 0.05) is 43.3 Å². The Bertz CT molecular complexity index is 903. The molecular formula is C23H26N4O2. The van der Waals surface area contributed by atoms with Crippen LogP contribution in [-0.4, -0.2) is 41.3 Å². The summed E-state index contributed by atoms with van der Waals surface area (Å²) < 4.78 is 11.3. The second-order valence-corrected chi connectivity index (χ2v) is 6.91. The normalized spacial score (nSPS) is 13.5. The Kier molecular flexibility index (Phi) is 5.89. The number of aromatic nitrogens is 3. The van der Waals surface area contributed by atoms with E-state index >= 15 is 0 Å². The number of pyridine rings is 3. The highest BCUT2D eigenvalue weighted by Crippen LogP contribution is 2.31. The molecule has 0 atom stereocenters. The van der Waals surface area contributed by atoms with Gasteiger partial charge in [0.15, 0.2) is 0 Å². The van der Waals surface area contributed by atoms with Gasteiger partial charge in [0.1, 0.15) is 11.5 Å². The summed E-state index contributed by atoms with van der Waals surface area (Å²) >= 11 is 0. The van der Waals surface area contributed by atoms with Crippen LogP contribution in [0.2, 0.25) is 0 Å². The summed E-state index contributed by atoms with van der Waals surface area (Å²) in [5.41, 5.74) is 4.36. The van der Waals surface area contributed by atoms with Crippen LogP contribution in [0.15, 0.2) is 48.8 Å². The van der Waals surface area contributed by atoms with Crippen molar-refractivity contribution in [2.24, 2.45) is 0 Å². The lowest BCUT2D eigenvalue weighted by molar-refractivity contribution is 0.340. The van der Waals surface area contributed by atoms with Crippen molar-refractivity contribution in [1.29, 1.82) is 0 Å². The highest BCUT2D eigenvalue weighted by atomic mass is 16.5. The van der Waals surface area contributed by atoms with Gasteiger partial charge in [0.05, 0.1) is 36.0 Å². The van der Waals surface area contributed by atoms with E-state index in [1.54, 1.807) is 12.4 Å². The molecule has 6 heteroatoms. The Morgan fingerprint density at radius 3 is 1.76 bits per heavy atom. The van der Waals surface area contributed by atoms with Gasteiger partial charge in [-0.05, 0) is 51.0 Å². The maximum Gasteiger partial charge on any atom is 0.123 e. The van der Waals surface area contributed by atoms with Crippen LogP contribution in [0.4, 0.5) is 5.69 Å². The first-order valence-corrected chi connectivity index (χ1v) is 10.2.